The predicted molar refractivity (Wildman–Crippen MR) is 73.2 cm³/mol. The van der Waals surface area contributed by atoms with E-state index in [1.54, 1.807) is 10.9 Å². The highest BCUT2D eigenvalue weighted by Gasteiger charge is 2.11. The molecule has 0 unspecified atom stereocenters. The first-order chi connectivity index (χ1) is 9.13. The van der Waals surface area contributed by atoms with Crippen molar-refractivity contribution in [2.24, 2.45) is 0 Å². The molecule has 2 N–H and O–H groups in total. The van der Waals surface area contributed by atoms with Crippen molar-refractivity contribution < 1.29 is 5.11 Å². The van der Waals surface area contributed by atoms with Crippen LogP contribution in [0.2, 0.25) is 0 Å². The van der Waals surface area contributed by atoms with Gasteiger partial charge in [-0.25, -0.2) is 9.67 Å². The lowest BCUT2D eigenvalue weighted by Crippen LogP contribution is -2.13. The van der Waals surface area contributed by atoms with Crippen LogP contribution in [0.4, 0.5) is 0 Å². The number of aryl methyl sites for hydroxylation is 1. The van der Waals surface area contributed by atoms with Crippen molar-refractivity contribution >= 4 is 11.0 Å². The minimum absolute atomic E-state index is 0.131. The smallest absolute Gasteiger partial charge is 0.262 e. The Bertz CT molecular complexity index is 600. The Morgan fingerprint density at radius 2 is 2.16 bits per heavy atom. The summed E-state index contributed by atoms with van der Waals surface area (Å²) in [6.45, 7) is 4.23. The third kappa shape index (κ3) is 3.01. The van der Waals surface area contributed by atoms with Crippen LogP contribution >= 0.6 is 0 Å². The Balaban J connectivity index is 2.26. The molecule has 0 saturated carbocycles. The van der Waals surface area contributed by atoms with Gasteiger partial charge in [-0.2, -0.15) is 5.10 Å². The van der Waals surface area contributed by atoms with Crippen molar-refractivity contribution in [2.45, 2.75) is 45.6 Å². The van der Waals surface area contributed by atoms with E-state index in [9.17, 15) is 4.79 Å². The highest BCUT2D eigenvalue weighted by Crippen LogP contribution is 2.12. The minimum Gasteiger partial charge on any atom is -0.396 e. The third-order valence-electron chi connectivity index (χ3n) is 3.07. The second kappa shape index (κ2) is 5.97. The number of hydrogen-bond acceptors (Lipinski definition) is 4. The molecule has 0 radical (unpaired) electrons. The fraction of sp³-hybridized carbons (Fsp3) is 0.615. The number of aliphatic hydroxyl groups is 1. The SMILES string of the molecule is CC(C)n1ncc2c(=O)[nH]c(CCCCCO)nc21. The van der Waals surface area contributed by atoms with Gasteiger partial charge in [-0.3, -0.25) is 4.79 Å². The summed E-state index contributed by atoms with van der Waals surface area (Å²) in [4.78, 5) is 19.2. The number of aliphatic hydroxyl groups excluding tert-OH is 1. The second-order valence-corrected chi connectivity index (χ2v) is 4.97. The quantitative estimate of drug-likeness (QED) is 0.773. The Labute approximate surface area is 111 Å². The molecule has 0 atom stereocenters. The Kier molecular flexibility index (Phi) is 4.31. The first-order valence-electron chi connectivity index (χ1n) is 6.70. The number of rotatable bonds is 6. The van der Waals surface area contributed by atoms with E-state index in [1.807, 2.05) is 13.8 Å². The summed E-state index contributed by atoms with van der Waals surface area (Å²) in [6, 6.07) is 0.175. The Hall–Kier alpha value is -1.69. The molecule has 0 amide bonds. The summed E-state index contributed by atoms with van der Waals surface area (Å²) in [5.74, 6) is 0.692. The predicted octanol–water partition coefficient (Wildman–Crippen LogP) is 1.41. The monoisotopic (exact) mass is 264 g/mol. The maximum absolute atomic E-state index is 11.9. The topological polar surface area (TPSA) is 83.8 Å². The first-order valence-corrected chi connectivity index (χ1v) is 6.70. The number of nitrogens with one attached hydrogen (secondary N) is 1. The molecular weight excluding hydrogens is 244 g/mol. The molecule has 2 heterocycles. The van der Waals surface area contributed by atoms with E-state index >= 15 is 0 Å². The average molecular weight is 264 g/mol. The molecule has 0 aliphatic heterocycles. The van der Waals surface area contributed by atoms with E-state index in [1.165, 1.54) is 0 Å². The molecule has 0 aliphatic carbocycles. The van der Waals surface area contributed by atoms with Crippen LogP contribution in [-0.2, 0) is 6.42 Å². The number of nitrogens with zero attached hydrogens (tertiary/aromatic N) is 3. The van der Waals surface area contributed by atoms with Crippen LogP contribution in [-0.4, -0.2) is 31.5 Å². The van der Waals surface area contributed by atoms with Gasteiger partial charge in [-0.15, -0.1) is 0 Å². The lowest BCUT2D eigenvalue weighted by atomic mass is 10.2. The van der Waals surface area contributed by atoms with Crippen LogP contribution in [0, 0.1) is 0 Å². The molecule has 19 heavy (non-hydrogen) atoms. The van der Waals surface area contributed by atoms with Crippen LogP contribution in [0.3, 0.4) is 0 Å². The van der Waals surface area contributed by atoms with Gasteiger partial charge in [0.05, 0.1) is 6.20 Å². The maximum Gasteiger partial charge on any atom is 0.262 e. The standard InChI is InChI=1S/C13H20N4O2/c1-9(2)17-12-10(8-14-17)13(19)16-11(15-12)6-4-3-5-7-18/h8-9,18H,3-7H2,1-2H3,(H,15,16,19). The van der Waals surface area contributed by atoms with E-state index in [0.29, 0.717) is 23.3 Å². The third-order valence-corrected chi connectivity index (χ3v) is 3.07. The fourth-order valence-corrected chi connectivity index (χ4v) is 2.06. The average Bonchev–Trinajstić information content (AvgIpc) is 2.79. The van der Waals surface area contributed by atoms with E-state index in [2.05, 4.69) is 15.1 Å². The van der Waals surface area contributed by atoms with E-state index in [4.69, 9.17) is 5.11 Å². The highest BCUT2D eigenvalue weighted by molar-refractivity contribution is 5.73. The summed E-state index contributed by atoms with van der Waals surface area (Å²) in [6.07, 6.45) is 4.91. The second-order valence-electron chi connectivity index (χ2n) is 4.97. The van der Waals surface area contributed by atoms with Gasteiger partial charge in [0, 0.05) is 19.1 Å². The molecule has 6 heteroatoms. The van der Waals surface area contributed by atoms with Crippen LogP contribution < -0.4 is 5.56 Å². The highest BCUT2D eigenvalue weighted by atomic mass is 16.2. The molecule has 0 aromatic carbocycles. The normalized spacial score (nSPS) is 11.6. The van der Waals surface area contributed by atoms with Crippen LogP contribution in [0.1, 0.15) is 45.0 Å². The summed E-state index contributed by atoms with van der Waals surface area (Å²) >= 11 is 0. The van der Waals surface area contributed by atoms with Gasteiger partial charge in [-0.05, 0) is 26.7 Å². The lowest BCUT2D eigenvalue weighted by Gasteiger charge is -2.07. The largest absolute Gasteiger partial charge is 0.396 e. The van der Waals surface area contributed by atoms with Crippen molar-refractivity contribution in [3.8, 4) is 0 Å². The lowest BCUT2D eigenvalue weighted by molar-refractivity contribution is 0.283. The Morgan fingerprint density at radius 3 is 2.84 bits per heavy atom. The number of unbranched alkanes of at least 4 members (excludes halogenated alkanes) is 2. The molecule has 0 bridgehead atoms. The summed E-state index contributed by atoms with van der Waals surface area (Å²) < 4.78 is 1.77. The molecular formula is C13H20N4O2. The van der Waals surface area contributed by atoms with Crippen LogP contribution in [0.25, 0.3) is 11.0 Å². The molecule has 2 aromatic rings. The zero-order valence-corrected chi connectivity index (χ0v) is 11.4. The molecule has 2 aromatic heterocycles. The summed E-state index contributed by atoms with van der Waals surface area (Å²) in [5.41, 5.74) is 0.518. The van der Waals surface area contributed by atoms with Gasteiger partial charge < -0.3 is 10.1 Å². The summed E-state index contributed by atoms with van der Waals surface area (Å²) in [5, 5.41) is 13.5. The summed E-state index contributed by atoms with van der Waals surface area (Å²) in [7, 11) is 0. The van der Waals surface area contributed by atoms with Gasteiger partial charge >= 0.3 is 0 Å². The number of fused-ring (bicyclic) bond motifs is 1. The van der Waals surface area contributed by atoms with Gasteiger partial charge in [0.2, 0.25) is 0 Å². The molecule has 0 saturated heterocycles. The Morgan fingerprint density at radius 1 is 1.37 bits per heavy atom. The molecule has 6 nitrogen and oxygen atoms in total. The zero-order valence-electron chi connectivity index (χ0n) is 11.4. The van der Waals surface area contributed by atoms with Crippen molar-refractivity contribution in [2.75, 3.05) is 6.61 Å². The van der Waals surface area contributed by atoms with Gasteiger partial charge in [0.25, 0.3) is 5.56 Å². The van der Waals surface area contributed by atoms with Crippen molar-refractivity contribution in [1.82, 2.24) is 19.7 Å². The van der Waals surface area contributed by atoms with Gasteiger partial charge in [-0.1, -0.05) is 6.42 Å². The van der Waals surface area contributed by atoms with Gasteiger partial charge in [0.1, 0.15) is 11.2 Å². The number of H-pyrrole nitrogens is 1. The molecule has 0 aliphatic rings. The fourth-order valence-electron chi connectivity index (χ4n) is 2.06. The maximum atomic E-state index is 11.9. The van der Waals surface area contributed by atoms with E-state index in [0.717, 1.165) is 19.3 Å². The van der Waals surface area contributed by atoms with Crippen molar-refractivity contribution in [3.05, 3.63) is 22.4 Å². The number of hydrogen-bond donors (Lipinski definition) is 2. The van der Waals surface area contributed by atoms with Crippen LogP contribution in [0.15, 0.2) is 11.0 Å². The molecule has 2 rings (SSSR count). The first kappa shape index (κ1) is 13.7. The van der Waals surface area contributed by atoms with Crippen LogP contribution in [0.5, 0.6) is 0 Å². The number of aromatic nitrogens is 4. The van der Waals surface area contributed by atoms with E-state index in [-0.39, 0.29) is 18.2 Å². The minimum atomic E-state index is -0.131. The van der Waals surface area contributed by atoms with Crippen molar-refractivity contribution in [3.63, 3.8) is 0 Å². The number of aromatic amines is 1. The molecule has 0 spiro atoms. The van der Waals surface area contributed by atoms with E-state index < -0.39 is 0 Å². The molecule has 104 valence electrons. The van der Waals surface area contributed by atoms with Gasteiger partial charge in [0.15, 0.2) is 5.65 Å². The van der Waals surface area contributed by atoms with Crippen molar-refractivity contribution in [1.29, 1.82) is 0 Å². The zero-order chi connectivity index (χ0) is 13.8. The molecule has 0 fully saturated rings.